The average molecular weight is 334 g/mol. The van der Waals surface area contributed by atoms with Gasteiger partial charge < -0.3 is 5.32 Å². The number of anilines is 1. The second-order valence-electron chi connectivity index (χ2n) is 4.92. The lowest BCUT2D eigenvalue weighted by molar-refractivity contribution is 0.102. The molecule has 0 radical (unpaired) electrons. The van der Waals surface area contributed by atoms with Crippen LogP contribution in [0.1, 0.15) is 27.9 Å². The lowest BCUT2D eigenvalue weighted by atomic mass is 10.1. The molecule has 0 bridgehead atoms. The molecule has 0 saturated heterocycles. The zero-order valence-corrected chi connectivity index (χ0v) is 12.3. The highest BCUT2D eigenvalue weighted by Crippen LogP contribution is 2.25. The van der Waals surface area contributed by atoms with Gasteiger partial charge in [0, 0.05) is 11.3 Å². The normalized spacial score (nSPS) is 13.1. The molecule has 4 heteroatoms. The lowest BCUT2D eigenvalue weighted by Crippen LogP contribution is -2.12. The van der Waals surface area contributed by atoms with Crippen LogP contribution in [-0.4, -0.2) is 5.91 Å². The third kappa shape index (κ3) is 2.61. The molecule has 0 spiro atoms. The zero-order valence-electron chi connectivity index (χ0n) is 10.7. The summed E-state index contributed by atoms with van der Waals surface area (Å²) in [5, 5.41) is 2.81. The maximum atomic E-state index is 13.4. The quantitative estimate of drug-likeness (QED) is 0.870. The first-order valence-electron chi connectivity index (χ1n) is 6.52. The third-order valence-corrected chi connectivity index (χ3v) is 4.18. The summed E-state index contributed by atoms with van der Waals surface area (Å²) in [6, 6.07) is 10.3. The van der Waals surface area contributed by atoms with E-state index in [1.54, 1.807) is 6.07 Å². The van der Waals surface area contributed by atoms with Crippen molar-refractivity contribution in [1.82, 2.24) is 0 Å². The molecule has 1 aliphatic carbocycles. The van der Waals surface area contributed by atoms with Crippen LogP contribution in [0.15, 0.2) is 40.9 Å². The van der Waals surface area contributed by atoms with Crippen LogP contribution in [0, 0.1) is 5.82 Å². The Hall–Kier alpha value is -1.68. The van der Waals surface area contributed by atoms with Gasteiger partial charge in [-0.15, -0.1) is 0 Å². The minimum Gasteiger partial charge on any atom is -0.322 e. The first-order chi connectivity index (χ1) is 9.63. The molecule has 1 amide bonds. The van der Waals surface area contributed by atoms with Gasteiger partial charge in [-0.2, -0.15) is 0 Å². The van der Waals surface area contributed by atoms with Crippen LogP contribution >= 0.6 is 15.9 Å². The van der Waals surface area contributed by atoms with Crippen molar-refractivity contribution in [3.63, 3.8) is 0 Å². The van der Waals surface area contributed by atoms with Crippen LogP contribution in [-0.2, 0) is 12.8 Å². The Kier molecular flexibility index (Phi) is 3.57. The third-order valence-electron chi connectivity index (χ3n) is 3.54. The molecule has 0 saturated carbocycles. The van der Waals surface area contributed by atoms with Gasteiger partial charge in [0.05, 0.1) is 4.47 Å². The van der Waals surface area contributed by atoms with E-state index < -0.39 is 5.82 Å². The van der Waals surface area contributed by atoms with Gasteiger partial charge in [-0.1, -0.05) is 6.07 Å². The number of hydrogen-bond donors (Lipinski definition) is 1. The highest BCUT2D eigenvalue weighted by atomic mass is 79.9. The molecule has 2 aromatic rings. The van der Waals surface area contributed by atoms with E-state index in [0.29, 0.717) is 10.0 Å². The van der Waals surface area contributed by atoms with Crippen LogP contribution in [0.25, 0.3) is 0 Å². The smallest absolute Gasteiger partial charge is 0.255 e. The van der Waals surface area contributed by atoms with Crippen molar-refractivity contribution in [3.8, 4) is 0 Å². The molecule has 102 valence electrons. The molecular formula is C16H13BrFNO. The van der Waals surface area contributed by atoms with E-state index in [2.05, 4.69) is 27.3 Å². The van der Waals surface area contributed by atoms with E-state index in [-0.39, 0.29) is 5.91 Å². The number of nitrogens with one attached hydrogen (secondary N) is 1. The van der Waals surface area contributed by atoms with Crippen molar-refractivity contribution in [2.24, 2.45) is 0 Å². The average Bonchev–Trinajstić information content (AvgIpc) is 2.89. The number of aryl methyl sites for hydroxylation is 2. The van der Waals surface area contributed by atoms with E-state index in [1.165, 1.54) is 29.7 Å². The van der Waals surface area contributed by atoms with Crippen LogP contribution < -0.4 is 5.32 Å². The summed E-state index contributed by atoms with van der Waals surface area (Å²) in [7, 11) is 0. The maximum absolute atomic E-state index is 13.4. The van der Waals surface area contributed by atoms with Crippen molar-refractivity contribution in [2.45, 2.75) is 19.3 Å². The van der Waals surface area contributed by atoms with Gasteiger partial charge in [-0.25, -0.2) is 4.39 Å². The summed E-state index contributed by atoms with van der Waals surface area (Å²) in [5.41, 5.74) is 3.73. The fourth-order valence-electron chi connectivity index (χ4n) is 2.49. The maximum Gasteiger partial charge on any atom is 0.255 e. The van der Waals surface area contributed by atoms with Gasteiger partial charge in [0.2, 0.25) is 0 Å². The molecule has 20 heavy (non-hydrogen) atoms. The fraction of sp³-hybridized carbons (Fsp3) is 0.188. The number of hydrogen-bond acceptors (Lipinski definition) is 1. The van der Waals surface area contributed by atoms with Crippen molar-refractivity contribution >= 4 is 27.5 Å². The summed E-state index contributed by atoms with van der Waals surface area (Å²) in [4.78, 5) is 12.1. The number of carbonyl (C=O) groups is 1. The summed E-state index contributed by atoms with van der Waals surface area (Å²) >= 11 is 3.07. The number of rotatable bonds is 2. The lowest BCUT2D eigenvalue weighted by Gasteiger charge is -2.08. The van der Waals surface area contributed by atoms with Gasteiger partial charge in [0.15, 0.2) is 0 Å². The molecule has 0 heterocycles. The Balaban J connectivity index is 1.80. The summed E-state index contributed by atoms with van der Waals surface area (Å²) in [6.45, 7) is 0. The number of amides is 1. The first-order valence-corrected chi connectivity index (χ1v) is 7.31. The standard InChI is InChI=1S/C16H13BrFNO/c17-14-7-5-12(9-15(14)18)16(20)19-13-6-4-10-2-1-3-11(10)8-13/h4-9H,1-3H2,(H,19,20). The largest absolute Gasteiger partial charge is 0.322 e. The zero-order chi connectivity index (χ0) is 14.1. The van der Waals surface area contributed by atoms with Gasteiger partial charge in [-0.3, -0.25) is 4.79 Å². The van der Waals surface area contributed by atoms with Gasteiger partial charge in [0.25, 0.3) is 5.91 Å². The van der Waals surface area contributed by atoms with E-state index in [9.17, 15) is 9.18 Å². The van der Waals surface area contributed by atoms with Gasteiger partial charge >= 0.3 is 0 Å². The van der Waals surface area contributed by atoms with Crippen LogP contribution in [0.2, 0.25) is 0 Å². The molecule has 0 aromatic heterocycles. The van der Waals surface area contributed by atoms with E-state index in [0.717, 1.165) is 18.5 Å². The minimum atomic E-state index is -0.438. The van der Waals surface area contributed by atoms with E-state index in [1.807, 2.05) is 12.1 Å². The molecule has 2 aromatic carbocycles. The SMILES string of the molecule is O=C(Nc1ccc2c(c1)CCC2)c1ccc(Br)c(F)c1. The summed E-state index contributed by atoms with van der Waals surface area (Å²) in [5.74, 6) is -0.735. The number of benzene rings is 2. The topological polar surface area (TPSA) is 29.1 Å². The molecule has 0 aliphatic heterocycles. The Morgan fingerprint density at radius 2 is 1.90 bits per heavy atom. The highest BCUT2D eigenvalue weighted by Gasteiger charge is 2.13. The molecule has 2 nitrogen and oxygen atoms in total. The van der Waals surface area contributed by atoms with Crippen molar-refractivity contribution in [1.29, 1.82) is 0 Å². The first kappa shape index (κ1) is 13.3. The van der Waals surface area contributed by atoms with Gasteiger partial charge in [-0.05, 0) is 76.7 Å². The van der Waals surface area contributed by atoms with Crippen LogP contribution in [0.5, 0.6) is 0 Å². The molecule has 3 rings (SSSR count). The number of carbonyl (C=O) groups excluding carboxylic acids is 1. The molecule has 0 fully saturated rings. The summed E-state index contributed by atoms with van der Waals surface area (Å²) < 4.78 is 13.8. The Morgan fingerprint density at radius 3 is 2.70 bits per heavy atom. The molecular weight excluding hydrogens is 321 g/mol. The highest BCUT2D eigenvalue weighted by molar-refractivity contribution is 9.10. The van der Waals surface area contributed by atoms with Crippen molar-refractivity contribution in [2.75, 3.05) is 5.32 Å². The van der Waals surface area contributed by atoms with E-state index >= 15 is 0 Å². The molecule has 0 unspecified atom stereocenters. The van der Waals surface area contributed by atoms with Crippen molar-refractivity contribution in [3.05, 3.63) is 63.4 Å². The summed E-state index contributed by atoms with van der Waals surface area (Å²) in [6.07, 6.45) is 3.35. The Labute approximate surface area is 125 Å². The van der Waals surface area contributed by atoms with Crippen LogP contribution in [0.3, 0.4) is 0 Å². The minimum absolute atomic E-state index is 0.297. The Bertz CT molecular complexity index is 684. The fourth-order valence-corrected chi connectivity index (χ4v) is 2.74. The molecule has 0 atom stereocenters. The second kappa shape index (κ2) is 5.37. The molecule has 1 aliphatic rings. The van der Waals surface area contributed by atoms with E-state index in [4.69, 9.17) is 0 Å². The molecule has 1 N–H and O–H groups in total. The predicted molar refractivity (Wildman–Crippen MR) is 80.5 cm³/mol. The monoisotopic (exact) mass is 333 g/mol. The predicted octanol–water partition coefficient (Wildman–Crippen LogP) is 4.33. The van der Waals surface area contributed by atoms with Gasteiger partial charge in [0.1, 0.15) is 5.82 Å². The second-order valence-corrected chi connectivity index (χ2v) is 5.77. The van der Waals surface area contributed by atoms with Crippen LogP contribution in [0.4, 0.5) is 10.1 Å². The van der Waals surface area contributed by atoms with Crippen molar-refractivity contribution < 1.29 is 9.18 Å². The number of fused-ring (bicyclic) bond motifs is 1. The number of halogens is 2. The Morgan fingerprint density at radius 1 is 1.10 bits per heavy atom.